The van der Waals surface area contributed by atoms with E-state index in [0.717, 1.165) is 23.3 Å². The number of carboxylic acid groups (broad SMARTS) is 1. The first-order chi connectivity index (χ1) is 14.5. The second-order valence-electron chi connectivity index (χ2n) is 6.83. The molecule has 0 saturated heterocycles. The molecule has 158 valence electrons. The van der Waals surface area contributed by atoms with Crippen molar-refractivity contribution in [2.24, 2.45) is 0 Å². The van der Waals surface area contributed by atoms with E-state index in [1.807, 2.05) is 54.6 Å². The molecule has 0 aliphatic carbocycles. The third kappa shape index (κ3) is 8.37. The van der Waals surface area contributed by atoms with Crippen molar-refractivity contribution >= 4 is 5.97 Å². The number of rotatable bonds is 8. The van der Waals surface area contributed by atoms with E-state index in [2.05, 4.69) is 19.1 Å². The lowest BCUT2D eigenvalue weighted by Crippen LogP contribution is -2.24. The summed E-state index contributed by atoms with van der Waals surface area (Å²) >= 11 is 0. The summed E-state index contributed by atoms with van der Waals surface area (Å²) < 4.78 is 10.6. The summed E-state index contributed by atoms with van der Waals surface area (Å²) in [5.74, 6) is 0.0134. The van der Waals surface area contributed by atoms with Crippen LogP contribution in [0.15, 0.2) is 78.9 Å². The molecule has 3 aromatic rings. The number of hydrogen-bond donors (Lipinski definition) is 2. The summed E-state index contributed by atoms with van der Waals surface area (Å²) in [5.41, 5.74) is 3.29. The van der Waals surface area contributed by atoms with Crippen molar-refractivity contribution in [3.63, 3.8) is 0 Å². The molecular weight excluding hydrogens is 380 g/mol. The summed E-state index contributed by atoms with van der Waals surface area (Å²) in [4.78, 5) is 10.9. The molecule has 3 rings (SSSR count). The van der Waals surface area contributed by atoms with Crippen LogP contribution in [0.1, 0.15) is 16.7 Å². The van der Waals surface area contributed by atoms with Crippen LogP contribution in [0.25, 0.3) is 0 Å². The largest absolute Gasteiger partial charge is 0.508 e. The molecule has 5 heteroatoms. The fourth-order valence-electron chi connectivity index (χ4n) is 2.69. The molecule has 0 fully saturated rings. The SMILES string of the molecule is COC(Cc1ccc(OCCc2ccc(O)cc2)cc1)C(=O)O.Cc1ccccc1. The van der Waals surface area contributed by atoms with E-state index in [-0.39, 0.29) is 5.75 Å². The first-order valence-corrected chi connectivity index (χ1v) is 9.75. The summed E-state index contributed by atoms with van der Waals surface area (Å²) in [5, 5.41) is 18.2. The number of hydrogen-bond acceptors (Lipinski definition) is 4. The molecular formula is C25H28O5. The number of aryl methyl sites for hydroxylation is 1. The number of benzene rings is 3. The third-order valence-corrected chi connectivity index (χ3v) is 4.44. The van der Waals surface area contributed by atoms with Gasteiger partial charge in [0.05, 0.1) is 6.61 Å². The van der Waals surface area contributed by atoms with Crippen LogP contribution in [0.4, 0.5) is 0 Å². The molecule has 1 atom stereocenters. The van der Waals surface area contributed by atoms with Crippen LogP contribution in [0.3, 0.4) is 0 Å². The predicted octanol–water partition coefficient (Wildman–Crippen LogP) is 4.65. The van der Waals surface area contributed by atoms with E-state index < -0.39 is 12.1 Å². The van der Waals surface area contributed by atoms with E-state index in [4.69, 9.17) is 14.6 Å². The molecule has 0 spiro atoms. The average molecular weight is 408 g/mol. The normalized spacial score (nSPS) is 11.1. The highest BCUT2D eigenvalue weighted by Gasteiger charge is 2.16. The lowest BCUT2D eigenvalue weighted by atomic mass is 10.1. The van der Waals surface area contributed by atoms with Crippen LogP contribution in [0.5, 0.6) is 11.5 Å². The molecule has 0 amide bonds. The molecule has 0 aromatic heterocycles. The number of phenolic OH excluding ortho intramolecular Hbond substituents is 1. The van der Waals surface area contributed by atoms with E-state index >= 15 is 0 Å². The summed E-state index contributed by atoms with van der Waals surface area (Å²) in [6.07, 6.45) is 0.225. The molecule has 0 aliphatic rings. The van der Waals surface area contributed by atoms with Crippen molar-refractivity contribution in [1.82, 2.24) is 0 Å². The topological polar surface area (TPSA) is 76.0 Å². The highest BCUT2D eigenvalue weighted by molar-refractivity contribution is 5.72. The molecule has 0 bridgehead atoms. The highest BCUT2D eigenvalue weighted by atomic mass is 16.5. The van der Waals surface area contributed by atoms with E-state index in [1.54, 1.807) is 12.1 Å². The first kappa shape index (κ1) is 23.0. The highest BCUT2D eigenvalue weighted by Crippen LogP contribution is 2.15. The second kappa shape index (κ2) is 12.3. The van der Waals surface area contributed by atoms with Crippen molar-refractivity contribution < 1.29 is 24.5 Å². The van der Waals surface area contributed by atoms with Gasteiger partial charge in [0.2, 0.25) is 0 Å². The van der Waals surface area contributed by atoms with Crippen molar-refractivity contribution in [1.29, 1.82) is 0 Å². The third-order valence-electron chi connectivity index (χ3n) is 4.44. The zero-order chi connectivity index (χ0) is 21.8. The van der Waals surface area contributed by atoms with Gasteiger partial charge >= 0.3 is 5.97 Å². The zero-order valence-electron chi connectivity index (χ0n) is 17.3. The molecule has 0 aliphatic heterocycles. The smallest absolute Gasteiger partial charge is 0.333 e. The van der Waals surface area contributed by atoms with Gasteiger partial charge in [-0.25, -0.2) is 4.79 Å². The van der Waals surface area contributed by atoms with Gasteiger partial charge in [0.15, 0.2) is 6.10 Å². The minimum absolute atomic E-state index is 0.251. The number of aliphatic carboxylic acids is 1. The zero-order valence-corrected chi connectivity index (χ0v) is 17.3. The van der Waals surface area contributed by atoms with Crippen LogP contribution in [0.2, 0.25) is 0 Å². The maximum Gasteiger partial charge on any atom is 0.333 e. The van der Waals surface area contributed by atoms with Crippen molar-refractivity contribution in [3.05, 3.63) is 95.6 Å². The van der Waals surface area contributed by atoms with E-state index in [0.29, 0.717) is 13.0 Å². The Bertz CT molecular complexity index is 874. The van der Waals surface area contributed by atoms with Gasteiger partial charge in [-0.3, -0.25) is 0 Å². The quantitative estimate of drug-likeness (QED) is 0.567. The number of carbonyl (C=O) groups is 1. The van der Waals surface area contributed by atoms with Crippen LogP contribution >= 0.6 is 0 Å². The van der Waals surface area contributed by atoms with Gasteiger partial charge < -0.3 is 19.7 Å². The number of methoxy groups -OCH3 is 1. The lowest BCUT2D eigenvalue weighted by molar-refractivity contribution is -0.148. The Kier molecular flexibility index (Phi) is 9.42. The molecule has 30 heavy (non-hydrogen) atoms. The molecule has 5 nitrogen and oxygen atoms in total. The molecule has 3 aromatic carbocycles. The fourth-order valence-corrected chi connectivity index (χ4v) is 2.69. The minimum atomic E-state index is -0.971. The van der Waals surface area contributed by atoms with Crippen LogP contribution in [0, 0.1) is 6.92 Å². The van der Waals surface area contributed by atoms with Gasteiger partial charge in [0.1, 0.15) is 11.5 Å². The molecule has 0 heterocycles. The maximum atomic E-state index is 10.9. The average Bonchev–Trinajstić information content (AvgIpc) is 2.75. The summed E-state index contributed by atoms with van der Waals surface area (Å²) in [7, 11) is 1.39. The van der Waals surface area contributed by atoms with Gasteiger partial charge in [-0.15, -0.1) is 0 Å². The van der Waals surface area contributed by atoms with Gasteiger partial charge in [-0.1, -0.05) is 60.2 Å². The van der Waals surface area contributed by atoms with Gasteiger partial charge in [-0.2, -0.15) is 0 Å². The number of ether oxygens (including phenoxy) is 2. The Morgan fingerprint density at radius 1 is 0.900 bits per heavy atom. The standard InChI is InChI=1S/C18H20O5.C7H8/c1-22-17(18(20)21)12-14-4-8-16(9-5-14)23-11-10-13-2-6-15(19)7-3-13;1-7-5-3-2-4-6-7/h2-9,17,19H,10-12H2,1H3,(H,20,21);2-6H,1H3. The first-order valence-electron chi connectivity index (χ1n) is 9.75. The molecule has 0 saturated carbocycles. The Hall–Kier alpha value is -3.31. The van der Waals surface area contributed by atoms with Gasteiger partial charge in [0.25, 0.3) is 0 Å². The second-order valence-corrected chi connectivity index (χ2v) is 6.83. The maximum absolute atomic E-state index is 10.9. The number of phenols is 1. The Morgan fingerprint density at radius 2 is 1.50 bits per heavy atom. The molecule has 1 unspecified atom stereocenters. The predicted molar refractivity (Wildman–Crippen MR) is 117 cm³/mol. The Labute approximate surface area is 177 Å². The molecule has 0 radical (unpaired) electrons. The van der Waals surface area contributed by atoms with Crippen molar-refractivity contribution in [2.45, 2.75) is 25.9 Å². The summed E-state index contributed by atoms with van der Waals surface area (Å²) in [6, 6.07) is 24.6. The molecule has 2 N–H and O–H groups in total. The van der Waals surface area contributed by atoms with Crippen LogP contribution in [-0.4, -0.2) is 36.0 Å². The van der Waals surface area contributed by atoms with E-state index in [9.17, 15) is 9.90 Å². The minimum Gasteiger partial charge on any atom is -0.508 e. The van der Waals surface area contributed by atoms with Crippen LogP contribution < -0.4 is 4.74 Å². The van der Waals surface area contributed by atoms with Crippen molar-refractivity contribution in [3.8, 4) is 11.5 Å². The summed E-state index contributed by atoms with van der Waals surface area (Å²) in [6.45, 7) is 2.61. The van der Waals surface area contributed by atoms with Crippen LogP contribution in [-0.2, 0) is 22.4 Å². The number of aromatic hydroxyl groups is 1. The Morgan fingerprint density at radius 3 is 2.00 bits per heavy atom. The number of carboxylic acids is 1. The van der Waals surface area contributed by atoms with E-state index in [1.165, 1.54) is 12.7 Å². The van der Waals surface area contributed by atoms with Gasteiger partial charge in [0, 0.05) is 20.0 Å². The fraction of sp³-hybridized carbons (Fsp3) is 0.240. The van der Waals surface area contributed by atoms with Crippen molar-refractivity contribution in [2.75, 3.05) is 13.7 Å². The van der Waals surface area contributed by atoms with Gasteiger partial charge in [-0.05, 0) is 42.3 Å². The monoisotopic (exact) mass is 408 g/mol. The lowest BCUT2D eigenvalue weighted by Gasteiger charge is -2.11. The Balaban J connectivity index is 0.000000386.